The van der Waals surface area contributed by atoms with Crippen molar-refractivity contribution in [3.8, 4) is 0 Å². The molecular weight excluding hydrogens is 328 g/mol. The van der Waals surface area contributed by atoms with Crippen molar-refractivity contribution in [2.45, 2.75) is 0 Å². The van der Waals surface area contributed by atoms with Crippen LogP contribution in [0.25, 0.3) is 17.0 Å². The predicted octanol–water partition coefficient (Wildman–Crippen LogP) is 3.64. The van der Waals surface area contributed by atoms with E-state index in [-0.39, 0.29) is 11.9 Å². The van der Waals surface area contributed by atoms with Crippen molar-refractivity contribution in [2.75, 3.05) is 17.7 Å². The Kier molecular flexibility index (Phi) is 5.24. The molecule has 2 aromatic carbocycles. The van der Waals surface area contributed by atoms with Gasteiger partial charge in [0.15, 0.2) is 0 Å². The van der Waals surface area contributed by atoms with Crippen molar-refractivity contribution >= 4 is 40.3 Å². The number of benzene rings is 2. The minimum atomic E-state index is -0.297. The van der Waals surface area contributed by atoms with Gasteiger partial charge < -0.3 is 16.0 Å². The van der Waals surface area contributed by atoms with Crippen molar-refractivity contribution in [1.29, 1.82) is 0 Å². The smallest absolute Gasteiger partial charge is 0.318 e. The second-order valence-corrected chi connectivity index (χ2v) is 5.52. The highest BCUT2D eigenvalue weighted by molar-refractivity contribution is 6.03. The lowest BCUT2D eigenvalue weighted by Crippen LogP contribution is -2.24. The van der Waals surface area contributed by atoms with Gasteiger partial charge in [-0.3, -0.25) is 9.78 Å². The molecule has 3 amide bonds. The summed E-state index contributed by atoms with van der Waals surface area (Å²) in [5.74, 6) is -0.238. The van der Waals surface area contributed by atoms with Gasteiger partial charge in [-0.2, -0.15) is 0 Å². The quantitative estimate of drug-likeness (QED) is 0.631. The monoisotopic (exact) mass is 346 g/mol. The molecule has 0 radical (unpaired) electrons. The summed E-state index contributed by atoms with van der Waals surface area (Å²) in [5.41, 5.74) is 3.09. The highest BCUT2D eigenvalue weighted by Crippen LogP contribution is 2.18. The van der Waals surface area contributed by atoms with E-state index in [0.717, 1.165) is 16.5 Å². The summed E-state index contributed by atoms with van der Waals surface area (Å²) in [6.07, 6.45) is 4.97. The first-order valence-corrected chi connectivity index (χ1v) is 8.07. The fourth-order valence-electron chi connectivity index (χ4n) is 2.44. The second-order valence-electron chi connectivity index (χ2n) is 5.52. The van der Waals surface area contributed by atoms with E-state index >= 15 is 0 Å². The molecule has 3 aromatic rings. The number of urea groups is 1. The molecule has 0 unspecified atom stereocenters. The fraction of sp³-hybridized carbons (Fsp3) is 0.0500. The Hall–Kier alpha value is -3.67. The van der Waals surface area contributed by atoms with Crippen LogP contribution in [0.4, 0.5) is 16.2 Å². The highest BCUT2D eigenvalue weighted by atomic mass is 16.2. The van der Waals surface area contributed by atoms with Gasteiger partial charge >= 0.3 is 6.03 Å². The first kappa shape index (κ1) is 17.2. The maximum Gasteiger partial charge on any atom is 0.318 e. The lowest BCUT2D eigenvalue weighted by molar-refractivity contribution is -0.111. The number of nitrogens with one attached hydrogen (secondary N) is 3. The zero-order valence-electron chi connectivity index (χ0n) is 14.2. The van der Waals surface area contributed by atoms with Gasteiger partial charge in [0.2, 0.25) is 5.91 Å². The largest absolute Gasteiger partial charge is 0.341 e. The van der Waals surface area contributed by atoms with Gasteiger partial charge in [0.05, 0.1) is 5.52 Å². The summed E-state index contributed by atoms with van der Waals surface area (Å²) >= 11 is 0. The van der Waals surface area contributed by atoms with Crippen LogP contribution >= 0.6 is 0 Å². The number of hydrogen-bond acceptors (Lipinski definition) is 3. The van der Waals surface area contributed by atoms with Crippen molar-refractivity contribution in [2.24, 2.45) is 0 Å². The Morgan fingerprint density at radius 3 is 2.35 bits per heavy atom. The van der Waals surface area contributed by atoms with Crippen LogP contribution in [0.1, 0.15) is 5.56 Å². The van der Waals surface area contributed by atoms with Crippen molar-refractivity contribution in [1.82, 2.24) is 10.3 Å². The molecule has 0 aliphatic heterocycles. The Bertz CT molecular complexity index is 960. The van der Waals surface area contributed by atoms with E-state index in [1.807, 2.05) is 30.3 Å². The van der Waals surface area contributed by atoms with E-state index in [0.29, 0.717) is 11.4 Å². The molecular formula is C20H18N4O2. The van der Waals surface area contributed by atoms with E-state index in [1.165, 1.54) is 6.08 Å². The Morgan fingerprint density at radius 2 is 1.62 bits per heavy atom. The average molecular weight is 346 g/mol. The molecule has 6 nitrogen and oxygen atoms in total. The Balaban J connectivity index is 1.66. The third kappa shape index (κ3) is 4.24. The zero-order chi connectivity index (χ0) is 18.4. The molecule has 6 heteroatoms. The van der Waals surface area contributed by atoms with E-state index in [2.05, 4.69) is 20.9 Å². The molecule has 26 heavy (non-hydrogen) atoms. The number of aromatic nitrogens is 1. The lowest BCUT2D eigenvalue weighted by atomic mass is 10.1. The molecule has 3 rings (SSSR count). The molecule has 1 heterocycles. The Morgan fingerprint density at radius 1 is 0.923 bits per heavy atom. The number of fused-ring (bicyclic) bond motifs is 1. The summed E-state index contributed by atoms with van der Waals surface area (Å²) < 4.78 is 0. The standard InChI is InChI=1S/C20H18N4O2/c1-21-20(26)24-16-9-7-15(8-10-16)23-19(25)11-6-14-12-13-22-18-5-3-2-4-17(14)18/h2-13H,1H3,(H,23,25)(H2,21,24,26). The van der Waals surface area contributed by atoms with Gasteiger partial charge in [0.1, 0.15) is 0 Å². The number of carbonyl (C=O) groups excluding carboxylic acids is 2. The molecule has 0 aliphatic rings. The SMILES string of the molecule is CNC(=O)Nc1ccc(NC(=O)C=Cc2ccnc3ccccc23)cc1. The number of anilines is 2. The number of carbonyl (C=O) groups is 2. The maximum atomic E-state index is 12.1. The van der Waals surface area contributed by atoms with E-state index in [9.17, 15) is 9.59 Å². The fourth-order valence-corrected chi connectivity index (χ4v) is 2.44. The number of para-hydroxylation sites is 1. The number of hydrogen-bond donors (Lipinski definition) is 3. The van der Waals surface area contributed by atoms with Crippen LogP contribution in [0, 0.1) is 0 Å². The molecule has 0 saturated heterocycles. The second kappa shape index (κ2) is 7.94. The minimum Gasteiger partial charge on any atom is -0.341 e. The minimum absolute atomic E-state index is 0.238. The van der Waals surface area contributed by atoms with Crippen molar-refractivity contribution in [3.63, 3.8) is 0 Å². The molecule has 130 valence electrons. The van der Waals surface area contributed by atoms with E-state index < -0.39 is 0 Å². The van der Waals surface area contributed by atoms with Gasteiger partial charge in [-0.25, -0.2) is 4.79 Å². The number of amides is 3. The molecule has 0 atom stereocenters. The average Bonchev–Trinajstić information content (AvgIpc) is 2.67. The van der Waals surface area contributed by atoms with Crippen LogP contribution in [-0.2, 0) is 4.79 Å². The molecule has 0 spiro atoms. The van der Waals surface area contributed by atoms with E-state index in [1.54, 1.807) is 43.6 Å². The number of nitrogens with zero attached hydrogens (tertiary/aromatic N) is 1. The van der Waals surface area contributed by atoms with Crippen molar-refractivity contribution in [3.05, 3.63) is 72.4 Å². The number of pyridine rings is 1. The summed E-state index contributed by atoms with van der Waals surface area (Å²) in [6, 6.07) is 16.2. The van der Waals surface area contributed by atoms with E-state index in [4.69, 9.17) is 0 Å². The van der Waals surface area contributed by atoms with Crippen LogP contribution in [0.15, 0.2) is 66.9 Å². The third-order valence-electron chi connectivity index (χ3n) is 3.73. The molecule has 0 saturated carbocycles. The van der Waals surface area contributed by atoms with Crippen LogP contribution in [0.2, 0.25) is 0 Å². The lowest BCUT2D eigenvalue weighted by Gasteiger charge is -2.06. The molecule has 0 fully saturated rings. The van der Waals surface area contributed by atoms with Gasteiger partial charge in [0.25, 0.3) is 0 Å². The van der Waals surface area contributed by atoms with Crippen LogP contribution in [-0.4, -0.2) is 24.0 Å². The molecule has 0 aliphatic carbocycles. The predicted molar refractivity (Wildman–Crippen MR) is 104 cm³/mol. The molecule has 1 aromatic heterocycles. The molecule has 3 N–H and O–H groups in total. The summed E-state index contributed by atoms with van der Waals surface area (Å²) in [7, 11) is 1.54. The normalized spacial score (nSPS) is 10.7. The topological polar surface area (TPSA) is 83.1 Å². The van der Waals surface area contributed by atoms with Crippen LogP contribution in [0.5, 0.6) is 0 Å². The molecule has 0 bridgehead atoms. The van der Waals surface area contributed by atoms with Gasteiger partial charge in [-0.05, 0) is 48.0 Å². The third-order valence-corrected chi connectivity index (χ3v) is 3.73. The Labute approximate surface area is 150 Å². The first-order chi connectivity index (χ1) is 12.7. The maximum absolute atomic E-state index is 12.1. The van der Waals surface area contributed by atoms with Crippen LogP contribution < -0.4 is 16.0 Å². The van der Waals surface area contributed by atoms with Gasteiger partial charge in [-0.15, -0.1) is 0 Å². The van der Waals surface area contributed by atoms with Crippen molar-refractivity contribution < 1.29 is 9.59 Å². The summed E-state index contributed by atoms with van der Waals surface area (Å²) in [6.45, 7) is 0. The first-order valence-electron chi connectivity index (χ1n) is 8.07. The number of rotatable bonds is 4. The zero-order valence-corrected chi connectivity index (χ0v) is 14.2. The highest BCUT2D eigenvalue weighted by Gasteiger charge is 2.02. The van der Waals surface area contributed by atoms with Crippen LogP contribution in [0.3, 0.4) is 0 Å². The summed E-state index contributed by atoms with van der Waals surface area (Å²) in [5, 5.41) is 8.90. The summed E-state index contributed by atoms with van der Waals surface area (Å²) in [4.78, 5) is 27.7. The van der Waals surface area contributed by atoms with Gasteiger partial charge in [-0.1, -0.05) is 18.2 Å². The van der Waals surface area contributed by atoms with Gasteiger partial charge in [0, 0.05) is 36.1 Å².